The maximum absolute atomic E-state index is 13.5. The van der Waals surface area contributed by atoms with Crippen LogP contribution >= 0.6 is 11.6 Å². The number of carbonyl (C=O) groups is 1. The highest BCUT2D eigenvalue weighted by Gasteiger charge is 2.34. The Bertz CT molecular complexity index is 1800. The lowest BCUT2D eigenvalue weighted by Crippen LogP contribution is -2.07. The highest BCUT2D eigenvalue weighted by Crippen LogP contribution is 2.44. The molecule has 0 amide bonds. The molecule has 0 spiro atoms. The Kier molecular flexibility index (Phi) is 6.82. The smallest absolute Gasteiger partial charge is 0.505 e. The van der Waals surface area contributed by atoms with Crippen LogP contribution in [0, 0.1) is 0 Å². The third kappa shape index (κ3) is 5.02. The van der Waals surface area contributed by atoms with Gasteiger partial charge in [0.15, 0.2) is 11.4 Å². The first-order valence-electron chi connectivity index (χ1n) is 11.5. The number of fused-ring (bicyclic) bond motifs is 1. The fourth-order valence-corrected chi connectivity index (χ4v) is 4.44. The van der Waals surface area contributed by atoms with E-state index in [0.717, 1.165) is 12.1 Å². The van der Waals surface area contributed by atoms with E-state index in [0.29, 0.717) is 22.0 Å². The number of phenolic OH excluding ortho intramolecular Hbond substituents is 1. The number of azo groups is 1. The Labute approximate surface area is 228 Å². The Morgan fingerprint density at radius 2 is 1.65 bits per heavy atom. The number of carboxylic acid groups (broad SMARTS) is 1. The lowest BCUT2D eigenvalue weighted by molar-refractivity contribution is -0.137. The van der Waals surface area contributed by atoms with E-state index in [1.807, 2.05) is 0 Å². The van der Waals surface area contributed by atoms with Gasteiger partial charge >= 0.3 is 12.3 Å². The minimum Gasteiger partial charge on any atom is -0.505 e. The molecule has 0 radical (unpaired) electrons. The number of aromatic nitrogens is 1. The van der Waals surface area contributed by atoms with Gasteiger partial charge in [-0.1, -0.05) is 54.1 Å². The average Bonchev–Trinajstić information content (AvgIpc) is 3.18. The van der Waals surface area contributed by atoms with Crippen LogP contribution in [0.1, 0.15) is 5.56 Å². The number of benzene rings is 4. The maximum atomic E-state index is 13.5. The van der Waals surface area contributed by atoms with Gasteiger partial charge in [0.1, 0.15) is 11.4 Å². The number of halogens is 4. The molecule has 40 heavy (non-hydrogen) atoms. The minimum absolute atomic E-state index is 0.000168. The molecule has 0 bridgehead atoms. The first-order valence-corrected chi connectivity index (χ1v) is 11.9. The summed E-state index contributed by atoms with van der Waals surface area (Å²) >= 11 is 5.77. The summed E-state index contributed by atoms with van der Waals surface area (Å²) in [5.74, 6) is -0.714. The molecule has 0 saturated heterocycles. The molecule has 0 fully saturated rings. The molecule has 5 rings (SSSR count). The standard InChI is InChI=1S/C28H17ClF3N3O5/c29-21-12-11-16(14-20(21)28(30,31)32)35-23-10-2-1-7-19(23)24(26(35)37)34-33-22-9-4-8-18(25(22)36)15-5-3-6-17(13-15)40-27(38)39/h1-14,36-37H,(H,38,39). The zero-order valence-electron chi connectivity index (χ0n) is 20.1. The molecule has 1 heterocycles. The second kappa shape index (κ2) is 10.3. The van der Waals surface area contributed by atoms with Crippen LogP contribution in [-0.2, 0) is 6.18 Å². The van der Waals surface area contributed by atoms with Crippen LogP contribution < -0.4 is 4.74 Å². The summed E-state index contributed by atoms with van der Waals surface area (Å²) in [5, 5.41) is 39.0. The fourth-order valence-electron chi connectivity index (χ4n) is 4.22. The van der Waals surface area contributed by atoms with Crippen molar-refractivity contribution in [1.29, 1.82) is 0 Å². The molecule has 4 aromatic carbocycles. The molecule has 0 atom stereocenters. The minimum atomic E-state index is -4.71. The summed E-state index contributed by atoms with van der Waals surface area (Å²) in [6, 6.07) is 20.5. The Morgan fingerprint density at radius 1 is 0.900 bits per heavy atom. The van der Waals surface area contributed by atoms with Crippen molar-refractivity contribution in [1.82, 2.24) is 4.57 Å². The number of rotatable bonds is 5. The van der Waals surface area contributed by atoms with Crippen molar-refractivity contribution in [3.8, 4) is 34.2 Å². The molecule has 3 N–H and O–H groups in total. The van der Waals surface area contributed by atoms with Gasteiger partial charge in [0.05, 0.1) is 16.1 Å². The van der Waals surface area contributed by atoms with Crippen LogP contribution in [0.2, 0.25) is 5.02 Å². The highest BCUT2D eigenvalue weighted by atomic mass is 35.5. The van der Waals surface area contributed by atoms with Crippen LogP contribution in [0.25, 0.3) is 27.7 Å². The number of nitrogens with zero attached hydrogens (tertiary/aromatic N) is 3. The van der Waals surface area contributed by atoms with E-state index in [-0.39, 0.29) is 28.6 Å². The third-order valence-electron chi connectivity index (χ3n) is 5.96. The summed E-state index contributed by atoms with van der Waals surface area (Å²) in [7, 11) is 0. The number of hydrogen-bond acceptors (Lipinski definition) is 6. The van der Waals surface area contributed by atoms with Gasteiger partial charge in [0.2, 0.25) is 5.88 Å². The number of alkyl halides is 3. The van der Waals surface area contributed by atoms with E-state index in [9.17, 15) is 28.2 Å². The molecule has 202 valence electrons. The van der Waals surface area contributed by atoms with Gasteiger partial charge in [-0.05, 0) is 48.0 Å². The van der Waals surface area contributed by atoms with E-state index in [1.165, 1.54) is 28.8 Å². The second-order valence-corrected chi connectivity index (χ2v) is 8.86. The number of hydrogen-bond donors (Lipinski definition) is 3. The van der Waals surface area contributed by atoms with Gasteiger partial charge < -0.3 is 20.1 Å². The quantitative estimate of drug-likeness (QED) is 0.111. The van der Waals surface area contributed by atoms with Gasteiger partial charge in [-0.25, -0.2) is 4.79 Å². The monoisotopic (exact) mass is 567 g/mol. The predicted molar refractivity (Wildman–Crippen MR) is 141 cm³/mol. The summed E-state index contributed by atoms with van der Waals surface area (Å²) < 4.78 is 46.4. The van der Waals surface area contributed by atoms with Crippen molar-refractivity contribution >= 4 is 40.0 Å². The van der Waals surface area contributed by atoms with Gasteiger partial charge in [0.25, 0.3) is 0 Å². The lowest BCUT2D eigenvalue weighted by Gasteiger charge is -2.13. The van der Waals surface area contributed by atoms with Gasteiger partial charge in [-0.15, -0.1) is 10.2 Å². The second-order valence-electron chi connectivity index (χ2n) is 8.46. The molecule has 0 unspecified atom stereocenters. The molecular formula is C28H17ClF3N3O5. The third-order valence-corrected chi connectivity index (χ3v) is 6.29. The van der Waals surface area contributed by atoms with E-state index >= 15 is 0 Å². The maximum Gasteiger partial charge on any atom is 0.511 e. The molecule has 0 aliphatic rings. The molecule has 12 heteroatoms. The van der Waals surface area contributed by atoms with Crippen LogP contribution in [0.4, 0.5) is 29.3 Å². The first kappa shape index (κ1) is 26.6. The van der Waals surface area contributed by atoms with Crippen LogP contribution in [-0.4, -0.2) is 26.0 Å². The topological polar surface area (TPSA) is 117 Å². The van der Waals surface area contributed by atoms with Gasteiger partial charge in [-0.2, -0.15) is 13.2 Å². The van der Waals surface area contributed by atoms with E-state index in [1.54, 1.807) is 48.5 Å². The fraction of sp³-hybridized carbons (Fsp3) is 0.0357. The average molecular weight is 568 g/mol. The van der Waals surface area contributed by atoms with Gasteiger partial charge in [0, 0.05) is 16.6 Å². The number of phenols is 1. The first-order chi connectivity index (χ1) is 19.0. The van der Waals surface area contributed by atoms with Crippen molar-refractivity contribution in [2.24, 2.45) is 10.2 Å². The van der Waals surface area contributed by atoms with Crippen molar-refractivity contribution < 1.29 is 38.0 Å². The molecule has 8 nitrogen and oxygen atoms in total. The zero-order chi connectivity index (χ0) is 28.6. The summed E-state index contributed by atoms with van der Waals surface area (Å²) in [5.41, 5.74) is 0.0185. The molecular weight excluding hydrogens is 551 g/mol. The molecule has 0 aliphatic carbocycles. The lowest BCUT2D eigenvalue weighted by atomic mass is 10.0. The Balaban J connectivity index is 1.58. The van der Waals surface area contributed by atoms with E-state index in [2.05, 4.69) is 15.0 Å². The van der Waals surface area contributed by atoms with E-state index in [4.69, 9.17) is 16.7 Å². The number of aromatic hydroxyl groups is 2. The van der Waals surface area contributed by atoms with Crippen LogP contribution in [0.5, 0.6) is 17.4 Å². The van der Waals surface area contributed by atoms with Crippen molar-refractivity contribution in [2.45, 2.75) is 6.18 Å². The molecule has 0 saturated carbocycles. The zero-order valence-corrected chi connectivity index (χ0v) is 20.9. The molecule has 0 aliphatic heterocycles. The van der Waals surface area contributed by atoms with Crippen LogP contribution in [0.15, 0.2) is 95.2 Å². The highest BCUT2D eigenvalue weighted by molar-refractivity contribution is 6.31. The Morgan fingerprint density at radius 3 is 2.40 bits per heavy atom. The van der Waals surface area contributed by atoms with E-state index < -0.39 is 28.8 Å². The largest absolute Gasteiger partial charge is 0.511 e. The van der Waals surface area contributed by atoms with Crippen molar-refractivity contribution in [3.05, 3.63) is 95.5 Å². The summed E-state index contributed by atoms with van der Waals surface area (Å²) in [6.45, 7) is 0. The predicted octanol–water partition coefficient (Wildman–Crippen LogP) is 8.85. The Hall–Kier alpha value is -5.03. The van der Waals surface area contributed by atoms with Crippen molar-refractivity contribution in [3.63, 3.8) is 0 Å². The van der Waals surface area contributed by atoms with Crippen molar-refractivity contribution in [2.75, 3.05) is 0 Å². The number of ether oxygens (including phenoxy) is 1. The summed E-state index contributed by atoms with van der Waals surface area (Å²) in [4.78, 5) is 10.9. The van der Waals surface area contributed by atoms with Crippen LogP contribution in [0.3, 0.4) is 0 Å². The molecule has 5 aromatic rings. The summed E-state index contributed by atoms with van der Waals surface area (Å²) in [6.07, 6.45) is -6.20. The normalized spacial score (nSPS) is 11.8. The number of para-hydroxylation sites is 2. The SMILES string of the molecule is O=C(O)Oc1cccc(-c2cccc(N=Nc3c(O)n(-c4ccc(Cl)c(C(F)(F)F)c4)c4ccccc34)c2O)c1. The molecule has 1 aromatic heterocycles. The van der Waals surface area contributed by atoms with Gasteiger partial charge in [-0.3, -0.25) is 4.57 Å².